The van der Waals surface area contributed by atoms with Crippen molar-refractivity contribution in [3.8, 4) is 0 Å². The zero-order valence-corrected chi connectivity index (χ0v) is 26.1. The van der Waals surface area contributed by atoms with Gasteiger partial charge in [0, 0.05) is 6.20 Å². The summed E-state index contributed by atoms with van der Waals surface area (Å²) in [6, 6.07) is 19.7. The molecule has 3 heterocycles. The number of amides is 1. The van der Waals surface area contributed by atoms with E-state index >= 15 is 0 Å². The highest BCUT2D eigenvalue weighted by Crippen LogP contribution is 2.41. The number of halogens is 3. The number of carbonyl (C=O) groups is 1. The highest BCUT2D eigenvalue weighted by Gasteiger charge is 2.57. The molecule has 9 nitrogen and oxygen atoms in total. The van der Waals surface area contributed by atoms with Gasteiger partial charge in [-0.15, -0.1) is 0 Å². The summed E-state index contributed by atoms with van der Waals surface area (Å²) in [5.74, 6) is -1.76. The van der Waals surface area contributed by atoms with Crippen molar-refractivity contribution in [1.29, 1.82) is 0 Å². The molecule has 1 amide bonds. The number of fused-ring (bicyclic) bond motifs is 1. The quantitative estimate of drug-likeness (QED) is 0.370. The number of anilines is 1. The third kappa shape index (κ3) is 6.11. The number of carboxylic acid groups (broad SMARTS) is 1. The first-order valence-electron chi connectivity index (χ1n) is 14.3. The maximum absolute atomic E-state index is 13.4. The van der Waals surface area contributed by atoms with Gasteiger partial charge in [-0.1, -0.05) is 81.4 Å². The second-order valence-corrected chi connectivity index (χ2v) is 16.7. The molecule has 3 aromatic rings. The highest BCUT2D eigenvalue weighted by molar-refractivity contribution is 6.99. The van der Waals surface area contributed by atoms with Crippen LogP contribution in [0.1, 0.15) is 40.3 Å². The van der Waals surface area contributed by atoms with Crippen molar-refractivity contribution in [3.05, 3.63) is 78.6 Å². The van der Waals surface area contributed by atoms with Crippen LogP contribution in [0.3, 0.4) is 0 Å². The SMILES string of the molecule is CC1(C)O[C@@H]2[C@H](O1)[C@@H](N(C(=O)O)c1nccc(C(F)(F)F)n1)CO[C@@H]2CO[Si](c1ccccc1)(c1ccccc1)C(C)(C)C. The van der Waals surface area contributed by atoms with E-state index in [1.165, 1.54) is 0 Å². The summed E-state index contributed by atoms with van der Waals surface area (Å²) in [7, 11) is -2.95. The van der Waals surface area contributed by atoms with E-state index in [4.69, 9.17) is 18.6 Å². The van der Waals surface area contributed by atoms with E-state index in [-0.39, 0.29) is 18.3 Å². The molecule has 1 N–H and O–H groups in total. The molecular weight excluding hydrogens is 595 g/mol. The molecule has 2 aromatic carbocycles. The number of nitrogens with zero attached hydrogens (tertiary/aromatic N) is 3. The van der Waals surface area contributed by atoms with Gasteiger partial charge in [-0.05, 0) is 35.3 Å². The Balaban J connectivity index is 1.48. The largest absolute Gasteiger partial charge is 0.465 e. The summed E-state index contributed by atoms with van der Waals surface area (Å²) in [4.78, 5) is 20.5. The van der Waals surface area contributed by atoms with Crippen LogP contribution in [-0.2, 0) is 24.8 Å². The van der Waals surface area contributed by atoms with Crippen LogP contribution >= 0.6 is 0 Å². The van der Waals surface area contributed by atoms with Gasteiger partial charge in [0.1, 0.15) is 24.0 Å². The fourth-order valence-corrected chi connectivity index (χ4v) is 10.7. The predicted molar refractivity (Wildman–Crippen MR) is 158 cm³/mol. The molecule has 0 unspecified atom stereocenters. The topological polar surface area (TPSA) is 103 Å². The van der Waals surface area contributed by atoms with Crippen LogP contribution in [0.15, 0.2) is 72.9 Å². The summed E-state index contributed by atoms with van der Waals surface area (Å²) in [6.45, 7) is 9.73. The maximum atomic E-state index is 13.4. The van der Waals surface area contributed by atoms with Gasteiger partial charge in [0.25, 0.3) is 8.32 Å². The number of ether oxygens (including phenoxy) is 3. The van der Waals surface area contributed by atoms with E-state index in [0.717, 1.165) is 16.6 Å². The number of hydrogen-bond acceptors (Lipinski definition) is 7. The van der Waals surface area contributed by atoms with Crippen molar-refractivity contribution >= 4 is 30.7 Å². The first-order valence-corrected chi connectivity index (χ1v) is 16.2. The van der Waals surface area contributed by atoms with Crippen LogP contribution in [0.5, 0.6) is 0 Å². The van der Waals surface area contributed by atoms with Gasteiger partial charge in [0.2, 0.25) is 5.95 Å². The van der Waals surface area contributed by atoms with E-state index in [0.29, 0.717) is 11.0 Å². The molecule has 2 saturated heterocycles. The zero-order chi connectivity index (χ0) is 31.9. The molecule has 0 radical (unpaired) electrons. The van der Waals surface area contributed by atoms with Gasteiger partial charge in [-0.3, -0.25) is 0 Å². The molecule has 44 heavy (non-hydrogen) atoms. The summed E-state index contributed by atoms with van der Waals surface area (Å²) in [6.07, 6.45) is -7.83. The molecule has 13 heteroatoms. The molecular formula is C31H36F3N3O6Si. The zero-order valence-electron chi connectivity index (χ0n) is 25.1. The Morgan fingerprint density at radius 2 is 1.57 bits per heavy atom. The Labute approximate surface area is 255 Å². The number of benzene rings is 2. The standard InChI is InChI=1S/C31H36F3N3O6Si/c1-29(2,3)44(20-12-8-6-9-13-20,21-14-10-7-11-15-21)41-19-23-26-25(42-30(4,5)43-26)22(18-40-23)37(28(38)39)27-35-17-16-24(36-27)31(32,33)34/h6-17,22-23,25-26H,18-19H2,1-5H3,(H,38,39)/t22-,23+,25+,26-/m0/s1. The Bertz CT molecular complexity index is 1420. The molecule has 2 fully saturated rings. The first-order chi connectivity index (χ1) is 20.6. The average molecular weight is 632 g/mol. The van der Waals surface area contributed by atoms with Crippen molar-refractivity contribution in [3.63, 3.8) is 0 Å². The number of rotatable bonds is 7. The lowest BCUT2D eigenvalue weighted by Gasteiger charge is -2.45. The fourth-order valence-electron chi connectivity index (χ4n) is 6.15. The van der Waals surface area contributed by atoms with Crippen molar-refractivity contribution < 1.29 is 41.7 Å². The summed E-state index contributed by atoms with van der Waals surface area (Å²) < 4.78 is 66.0. The minimum atomic E-state index is -4.79. The van der Waals surface area contributed by atoms with E-state index in [1.807, 2.05) is 36.4 Å². The second-order valence-electron chi connectivity index (χ2n) is 12.4. The van der Waals surface area contributed by atoms with Crippen LogP contribution < -0.4 is 15.3 Å². The molecule has 5 rings (SSSR count). The van der Waals surface area contributed by atoms with E-state index in [2.05, 4.69) is 55.0 Å². The molecule has 2 aliphatic rings. The monoisotopic (exact) mass is 631 g/mol. The van der Waals surface area contributed by atoms with Gasteiger partial charge in [0.15, 0.2) is 5.79 Å². The fraction of sp³-hybridized carbons (Fsp3) is 0.452. The summed E-state index contributed by atoms with van der Waals surface area (Å²) in [5, 5.41) is 12.0. The Kier molecular flexibility index (Phi) is 8.64. The predicted octanol–water partition coefficient (Wildman–Crippen LogP) is 4.84. The third-order valence-electron chi connectivity index (χ3n) is 7.96. The number of aromatic nitrogens is 2. The smallest absolute Gasteiger partial charge is 0.433 e. The molecule has 0 bridgehead atoms. The molecule has 236 valence electrons. The van der Waals surface area contributed by atoms with E-state index in [9.17, 15) is 23.1 Å². The van der Waals surface area contributed by atoms with E-state index < -0.39 is 62.4 Å². The van der Waals surface area contributed by atoms with Crippen molar-refractivity contribution in [1.82, 2.24) is 9.97 Å². The lowest BCUT2D eigenvalue weighted by molar-refractivity contribution is -0.156. The normalized spacial score (nSPS) is 23.6. The number of hydrogen-bond donors (Lipinski definition) is 1. The molecule has 1 aromatic heterocycles. The molecule has 2 aliphatic heterocycles. The third-order valence-corrected chi connectivity index (χ3v) is 13.0. The van der Waals surface area contributed by atoms with E-state index in [1.54, 1.807) is 13.8 Å². The van der Waals surface area contributed by atoms with Gasteiger partial charge >= 0.3 is 12.3 Å². The minimum absolute atomic E-state index is 0.105. The summed E-state index contributed by atoms with van der Waals surface area (Å²) >= 11 is 0. The van der Waals surface area contributed by atoms with Gasteiger partial charge in [0.05, 0.1) is 19.3 Å². The second kappa shape index (κ2) is 11.9. The summed E-state index contributed by atoms with van der Waals surface area (Å²) in [5.41, 5.74) is -1.26. The molecule has 0 spiro atoms. The van der Waals surface area contributed by atoms with Crippen molar-refractivity contribution in [2.24, 2.45) is 0 Å². The molecule has 0 aliphatic carbocycles. The molecule has 0 saturated carbocycles. The van der Waals surface area contributed by atoms with Gasteiger partial charge in [-0.2, -0.15) is 13.2 Å². The number of alkyl halides is 3. The minimum Gasteiger partial charge on any atom is -0.465 e. The Hall–Kier alpha value is -3.36. The lowest BCUT2D eigenvalue weighted by atomic mass is 9.97. The molecule has 4 atom stereocenters. The van der Waals surface area contributed by atoms with Crippen molar-refractivity contribution in [2.45, 2.75) is 76.0 Å². The van der Waals surface area contributed by atoms with Crippen LogP contribution in [0, 0.1) is 0 Å². The maximum Gasteiger partial charge on any atom is 0.433 e. The Morgan fingerprint density at radius 1 is 1.00 bits per heavy atom. The first kappa shape index (κ1) is 32.0. The van der Waals surface area contributed by atoms with Crippen LogP contribution in [0.2, 0.25) is 5.04 Å². The van der Waals surface area contributed by atoms with Crippen molar-refractivity contribution in [2.75, 3.05) is 18.1 Å². The average Bonchev–Trinajstić information content (AvgIpc) is 3.29. The van der Waals surface area contributed by atoms with Crippen LogP contribution in [0.4, 0.5) is 23.9 Å². The van der Waals surface area contributed by atoms with Gasteiger partial charge < -0.3 is 23.7 Å². The van der Waals surface area contributed by atoms with Crippen LogP contribution in [-0.4, -0.2) is 72.8 Å². The lowest BCUT2D eigenvalue weighted by Crippen LogP contribution is -2.68. The van der Waals surface area contributed by atoms with Gasteiger partial charge in [-0.25, -0.2) is 19.7 Å². The Morgan fingerprint density at radius 3 is 2.09 bits per heavy atom. The highest BCUT2D eigenvalue weighted by atomic mass is 28.4. The van der Waals surface area contributed by atoms with Crippen LogP contribution in [0.25, 0.3) is 0 Å².